The van der Waals surface area contributed by atoms with Gasteiger partial charge >= 0.3 is 0 Å². The second-order valence-electron chi connectivity index (χ2n) is 9.27. The van der Waals surface area contributed by atoms with Gasteiger partial charge in [-0.3, -0.25) is 0 Å². The van der Waals surface area contributed by atoms with Crippen LogP contribution in [0.3, 0.4) is 0 Å². The molecule has 2 heteroatoms. The topological polar surface area (TPSA) is 29.5 Å². The van der Waals surface area contributed by atoms with Gasteiger partial charge < -0.3 is 9.84 Å². The van der Waals surface area contributed by atoms with Crippen LogP contribution in [0, 0.1) is 17.3 Å². The number of aliphatic hydroxyl groups is 1. The van der Waals surface area contributed by atoms with Gasteiger partial charge in [0.15, 0.2) is 0 Å². The Morgan fingerprint density at radius 1 is 1.15 bits per heavy atom. The zero-order valence-electron chi connectivity index (χ0n) is 16.9. The molecule has 3 aliphatic carbocycles. The van der Waals surface area contributed by atoms with Crippen LogP contribution in [0.4, 0.5) is 0 Å². The lowest BCUT2D eigenvalue weighted by Crippen LogP contribution is -2.43. The number of ether oxygens (including phenoxy) is 1. The number of fused-ring (bicyclic) bond motifs is 5. The molecule has 1 aromatic rings. The van der Waals surface area contributed by atoms with Gasteiger partial charge in [-0.2, -0.15) is 0 Å². The maximum absolute atomic E-state index is 10.6. The number of rotatable bonds is 5. The number of aliphatic hydroxyl groups excluding tert-OH is 1. The highest BCUT2D eigenvalue weighted by Gasteiger charge is 2.54. The molecule has 0 aromatic heterocycles. The van der Waals surface area contributed by atoms with Crippen LogP contribution in [0.1, 0.15) is 88.3 Å². The molecule has 4 rings (SSSR count). The van der Waals surface area contributed by atoms with Gasteiger partial charge in [-0.1, -0.05) is 33.3 Å². The molecule has 0 spiro atoms. The first-order valence-corrected chi connectivity index (χ1v) is 11.0. The largest absolute Gasteiger partial charge is 0.493 e. The summed E-state index contributed by atoms with van der Waals surface area (Å²) in [6.45, 7) is 7.67. The average Bonchev–Trinajstić information content (AvgIpc) is 2.96. The van der Waals surface area contributed by atoms with E-state index in [0.29, 0.717) is 5.92 Å². The van der Waals surface area contributed by atoms with Crippen molar-refractivity contribution in [2.24, 2.45) is 17.3 Å². The zero-order chi connectivity index (χ0) is 18.3. The van der Waals surface area contributed by atoms with E-state index in [1.165, 1.54) is 49.7 Å². The Bertz CT molecular complexity index is 652. The fraction of sp³-hybridized carbons (Fsp3) is 0.750. The molecule has 26 heavy (non-hydrogen) atoms. The Balaban J connectivity index is 1.62. The summed E-state index contributed by atoms with van der Waals surface area (Å²) in [5.74, 6) is 3.33. The van der Waals surface area contributed by atoms with E-state index in [1.807, 2.05) is 0 Å². The average molecular weight is 357 g/mol. The van der Waals surface area contributed by atoms with Gasteiger partial charge in [-0.05, 0) is 97.3 Å². The van der Waals surface area contributed by atoms with Crippen molar-refractivity contribution in [2.45, 2.75) is 90.6 Å². The molecule has 0 bridgehead atoms. The molecule has 2 fully saturated rings. The summed E-state index contributed by atoms with van der Waals surface area (Å²) in [5, 5.41) is 10.6. The number of hydrogen-bond acceptors (Lipinski definition) is 2. The van der Waals surface area contributed by atoms with E-state index < -0.39 is 0 Å². The first-order chi connectivity index (χ1) is 12.6. The summed E-state index contributed by atoms with van der Waals surface area (Å²) >= 11 is 0. The van der Waals surface area contributed by atoms with Crippen molar-refractivity contribution in [2.75, 3.05) is 6.61 Å². The minimum atomic E-state index is -0.0737. The van der Waals surface area contributed by atoms with E-state index in [4.69, 9.17) is 4.74 Å². The van der Waals surface area contributed by atoms with Crippen LogP contribution in [0.25, 0.3) is 0 Å². The molecule has 0 saturated heterocycles. The van der Waals surface area contributed by atoms with E-state index >= 15 is 0 Å². The van der Waals surface area contributed by atoms with Crippen LogP contribution in [0.15, 0.2) is 12.1 Å². The lowest BCUT2D eigenvalue weighted by molar-refractivity contribution is -0.0226. The highest BCUT2D eigenvalue weighted by atomic mass is 16.5. The van der Waals surface area contributed by atoms with E-state index in [-0.39, 0.29) is 11.5 Å². The van der Waals surface area contributed by atoms with E-state index in [9.17, 15) is 5.11 Å². The minimum Gasteiger partial charge on any atom is -0.493 e. The van der Waals surface area contributed by atoms with Crippen molar-refractivity contribution in [1.29, 1.82) is 0 Å². The van der Waals surface area contributed by atoms with E-state index in [2.05, 4.69) is 32.9 Å². The molecule has 1 N–H and O–H groups in total. The van der Waals surface area contributed by atoms with Gasteiger partial charge in [0.2, 0.25) is 0 Å². The van der Waals surface area contributed by atoms with Gasteiger partial charge in [0.25, 0.3) is 0 Å². The standard InChI is InChI=1S/C24H36O2/c1-4-6-13-26-22-15-17-7-8-19-18(20(17)14-16(22)5-2)11-12-24(3)21(19)9-10-23(24)25/h14-15,18-19,21,23,25H,4-13H2,1-3H3/t18-,19+,21-,23-,24-/m0/s1. The lowest BCUT2D eigenvalue weighted by atomic mass is 9.55. The fourth-order valence-electron chi connectivity index (χ4n) is 6.36. The zero-order valence-corrected chi connectivity index (χ0v) is 16.9. The van der Waals surface area contributed by atoms with Crippen LogP contribution in [0.5, 0.6) is 5.75 Å². The molecule has 3 aliphatic rings. The Morgan fingerprint density at radius 3 is 2.77 bits per heavy atom. The van der Waals surface area contributed by atoms with Crippen molar-refractivity contribution in [3.05, 3.63) is 28.8 Å². The number of hydrogen-bond donors (Lipinski definition) is 1. The summed E-state index contributed by atoms with van der Waals surface area (Å²) < 4.78 is 6.14. The maximum atomic E-state index is 10.6. The molecule has 0 radical (unpaired) electrons. The van der Waals surface area contributed by atoms with Crippen molar-refractivity contribution in [3.8, 4) is 5.75 Å². The Morgan fingerprint density at radius 2 is 2.00 bits per heavy atom. The quantitative estimate of drug-likeness (QED) is 0.691. The molecule has 0 heterocycles. The van der Waals surface area contributed by atoms with Crippen molar-refractivity contribution in [3.63, 3.8) is 0 Å². The lowest BCUT2D eigenvalue weighted by Gasteiger charge is -2.50. The fourth-order valence-corrected chi connectivity index (χ4v) is 6.36. The van der Waals surface area contributed by atoms with E-state index in [1.54, 1.807) is 5.56 Å². The number of unbranched alkanes of at least 4 members (excludes halogenated alkanes) is 1. The summed E-state index contributed by atoms with van der Waals surface area (Å²) in [6.07, 6.45) is 10.5. The maximum Gasteiger partial charge on any atom is 0.122 e. The molecule has 2 nitrogen and oxygen atoms in total. The number of benzene rings is 1. The minimum absolute atomic E-state index is 0.0737. The van der Waals surface area contributed by atoms with Gasteiger partial charge in [0.1, 0.15) is 5.75 Å². The predicted octanol–water partition coefficient (Wildman–Crippen LogP) is 5.64. The molecule has 144 valence electrons. The predicted molar refractivity (Wildman–Crippen MR) is 107 cm³/mol. The first-order valence-electron chi connectivity index (χ1n) is 11.0. The monoisotopic (exact) mass is 356 g/mol. The van der Waals surface area contributed by atoms with Crippen molar-refractivity contribution >= 4 is 0 Å². The number of aryl methyl sites for hydroxylation is 2. The van der Waals surface area contributed by atoms with Crippen LogP contribution in [-0.4, -0.2) is 17.8 Å². The first kappa shape index (κ1) is 18.3. The summed E-state index contributed by atoms with van der Waals surface area (Å²) in [5.41, 5.74) is 4.72. The van der Waals surface area contributed by atoms with Crippen LogP contribution < -0.4 is 4.74 Å². The van der Waals surface area contributed by atoms with Gasteiger partial charge in [0.05, 0.1) is 12.7 Å². The normalized spacial score (nSPS) is 35.5. The Kier molecular flexibility index (Phi) is 5.07. The van der Waals surface area contributed by atoms with Gasteiger partial charge in [0, 0.05) is 0 Å². The molecule has 0 aliphatic heterocycles. The summed E-state index contributed by atoms with van der Waals surface area (Å²) in [7, 11) is 0. The third-order valence-electron chi connectivity index (χ3n) is 7.99. The highest BCUT2D eigenvalue weighted by molar-refractivity contribution is 5.46. The van der Waals surface area contributed by atoms with Gasteiger partial charge in [-0.25, -0.2) is 0 Å². The smallest absolute Gasteiger partial charge is 0.122 e. The molecule has 0 amide bonds. The van der Waals surface area contributed by atoms with Crippen LogP contribution in [-0.2, 0) is 12.8 Å². The van der Waals surface area contributed by atoms with Crippen LogP contribution in [0.2, 0.25) is 0 Å². The van der Waals surface area contributed by atoms with E-state index in [0.717, 1.165) is 43.5 Å². The van der Waals surface area contributed by atoms with Gasteiger partial charge in [-0.15, -0.1) is 0 Å². The third-order valence-corrected chi connectivity index (χ3v) is 7.99. The molecule has 0 unspecified atom stereocenters. The van der Waals surface area contributed by atoms with Crippen LogP contribution >= 0.6 is 0 Å². The molecule has 2 saturated carbocycles. The van der Waals surface area contributed by atoms with Crippen molar-refractivity contribution in [1.82, 2.24) is 0 Å². The third kappa shape index (κ3) is 2.89. The second-order valence-corrected chi connectivity index (χ2v) is 9.27. The Hall–Kier alpha value is -1.02. The summed E-state index contributed by atoms with van der Waals surface area (Å²) in [6, 6.07) is 4.86. The van der Waals surface area contributed by atoms with Crippen molar-refractivity contribution < 1.29 is 9.84 Å². The Labute approximate surface area is 159 Å². The molecule has 5 atom stereocenters. The molecule has 1 aromatic carbocycles. The molecular weight excluding hydrogens is 320 g/mol. The second kappa shape index (κ2) is 7.19. The SMILES string of the molecule is CCCCOc1cc2c(cc1CC)[C@H]1CC[C@]3(C)[C@@H](O)CC[C@H]3[C@@H]1CC2. The highest BCUT2D eigenvalue weighted by Crippen LogP contribution is 2.61. The molecular formula is C24H36O2. The summed E-state index contributed by atoms with van der Waals surface area (Å²) in [4.78, 5) is 0.